The highest BCUT2D eigenvalue weighted by Crippen LogP contribution is 2.22. The quantitative estimate of drug-likeness (QED) is 0.554. The van der Waals surface area contributed by atoms with Crippen LogP contribution in [0.25, 0.3) is 0 Å². The topological polar surface area (TPSA) is 51.5 Å². The summed E-state index contributed by atoms with van der Waals surface area (Å²) >= 11 is 5.46. The van der Waals surface area contributed by atoms with E-state index in [2.05, 4.69) is 0 Å². The van der Waals surface area contributed by atoms with Gasteiger partial charge in [-0.2, -0.15) is 5.26 Å². The highest BCUT2D eigenvalue weighted by atomic mass is 35.5. The van der Waals surface area contributed by atoms with Crippen molar-refractivity contribution >= 4 is 11.6 Å². The Morgan fingerprint density at radius 1 is 1.18 bits per heavy atom. The van der Waals surface area contributed by atoms with Gasteiger partial charge in [-0.15, -0.1) is 11.6 Å². The maximum absolute atomic E-state index is 8.82. The van der Waals surface area contributed by atoms with E-state index in [1.807, 2.05) is 6.07 Å². The lowest BCUT2D eigenvalue weighted by molar-refractivity contribution is 0.111. The molecular formula is C12H14ClNO3. The number of rotatable bonds is 7. The molecule has 0 aliphatic carbocycles. The third kappa shape index (κ3) is 4.94. The van der Waals surface area contributed by atoms with Crippen molar-refractivity contribution in [3.05, 3.63) is 23.8 Å². The molecule has 0 amide bonds. The number of hydrogen-bond donors (Lipinski definition) is 0. The Bertz CT molecular complexity index is 390. The Morgan fingerprint density at radius 3 is 2.59 bits per heavy atom. The summed E-state index contributed by atoms with van der Waals surface area (Å²) in [5, 5.41) is 8.82. The van der Waals surface area contributed by atoms with Gasteiger partial charge in [0.1, 0.15) is 18.1 Å². The van der Waals surface area contributed by atoms with Crippen molar-refractivity contribution in [1.29, 1.82) is 5.26 Å². The average molecular weight is 256 g/mol. The van der Waals surface area contributed by atoms with Crippen LogP contribution in [0.3, 0.4) is 0 Å². The lowest BCUT2D eigenvalue weighted by Crippen LogP contribution is -2.08. The van der Waals surface area contributed by atoms with Crippen LogP contribution < -0.4 is 9.47 Å². The van der Waals surface area contributed by atoms with E-state index in [1.165, 1.54) is 0 Å². The summed E-state index contributed by atoms with van der Waals surface area (Å²) < 4.78 is 15.7. The molecule has 0 saturated heterocycles. The lowest BCUT2D eigenvalue weighted by Gasteiger charge is -2.08. The van der Waals surface area contributed by atoms with Crippen LogP contribution in [0.5, 0.6) is 11.5 Å². The van der Waals surface area contributed by atoms with Crippen LogP contribution in [0.2, 0.25) is 0 Å². The smallest absolute Gasteiger partial charge is 0.124 e. The summed E-state index contributed by atoms with van der Waals surface area (Å²) in [6.07, 6.45) is 0. The molecule has 0 heterocycles. The molecule has 0 aliphatic rings. The normalized spacial score (nSPS) is 9.71. The third-order valence-corrected chi connectivity index (χ3v) is 2.12. The molecule has 1 aromatic rings. The van der Waals surface area contributed by atoms with Crippen LogP contribution in [0.15, 0.2) is 18.2 Å². The van der Waals surface area contributed by atoms with Crippen molar-refractivity contribution in [2.24, 2.45) is 0 Å². The molecule has 0 N–H and O–H groups in total. The van der Waals surface area contributed by atoms with Crippen LogP contribution in [-0.2, 0) is 4.74 Å². The number of hydrogen-bond acceptors (Lipinski definition) is 4. The zero-order valence-corrected chi connectivity index (χ0v) is 10.4. The predicted octanol–water partition coefficient (Wildman–Crippen LogP) is 2.20. The van der Waals surface area contributed by atoms with Crippen molar-refractivity contribution in [2.75, 3.05) is 32.8 Å². The minimum absolute atomic E-state index is 0.412. The van der Waals surface area contributed by atoms with Gasteiger partial charge in [0, 0.05) is 11.9 Å². The number of ether oxygens (including phenoxy) is 3. The van der Waals surface area contributed by atoms with Crippen LogP contribution >= 0.6 is 11.6 Å². The highest BCUT2D eigenvalue weighted by molar-refractivity contribution is 6.17. The van der Waals surface area contributed by atoms with Gasteiger partial charge in [-0.3, -0.25) is 0 Å². The minimum atomic E-state index is 0.412. The zero-order valence-electron chi connectivity index (χ0n) is 9.61. The van der Waals surface area contributed by atoms with E-state index in [0.29, 0.717) is 42.8 Å². The third-order valence-electron chi connectivity index (χ3n) is 1.96. The predicted molar refractivity (Wildman–Crippen MR) is 64.7 cm³/mol. The highest BCUT2D eigenvalue weighted by Gasteiger charge is 2.01. The molecule has 5 heteroatoms. The second kappa shape index (κ2) is 7.77. The minimum Gasteiger partial charge on any atom is -0.497 e. The number of alkyl halides is 1. The Morgan fingerprint density at radius 2 is 1.94 bits per heavy atom. The molecule has 0 saturated carbocycles. The first kappa shape index (κ1) is 13.6. The van der Waals surface area contributed by atoms with E-state index in [1.54, 1.807) is 25.3 Å². The fourth-order valence-electron chi connectivity index (χ4n) is 1.21. The molecule has 0 bridgehead atoms. The Labute approximate surface area is 106 Å². The van der Waals surface area contributed by atoms with Crippen molar-refractivity contribution < 1.29 is 14.2 Å². The van der Waals surface area contributed by atoms with Gasteiger partial charge in [-0.05, 0) is 12.1 Å². The van der Waals surface area contributed by atoms with Crippen molar-refractivity contribution in [2.45, 2.75) is 0 Å². The van der Waals surface area contributed by atoms with Gasteiger partial charge in [0.2, 0.25) is 0 Å². The molecule has 1 rings (SSSR count). The fourth-order valence-corrected chi connectivity index (χ4v) is 1.32. The molecule has 0 unspecified atom stereocenters. The molecule has 0 aromatic heterocycles. The molecule has 0 fully saturated rings. The van der Waals surface area contributed by atoms with E-state index in [0.717, 1.165) is 0 Å². The van der Waals surface area contributed by atoms with Gasteiger partial charge in [0.15, 0.2) is 0 Å². The Kier molecular flexibility index (Phi) is 6.23. The molecule has 0 atom stereocenters. The standard InChI is InChI=1S/C12H14ClNO3/c1-15-11-6-10(9-14)7-12(8-11)17-5-4-16-3-2-13/h6-8H,2-5H2,1H3. The van der Waals surface area contributed by atoms with E-state index in [4.69, 9.17) is 31.1 Å². The number of methoxy groups -OCH3 is 1. The van der Waals surface area contributed by atoms with Crippen LogP contribution in [0.1, 0.15) is 5.56 Å². The molecule has 1 aromatic carbocycles. The van der Waals surface area contributed by atoms with Crippen LogP contribution in [-0.4, -0.2) is 32.8 Å². The summed E-state index contributed by atoms with van der Waals surface area (Å²) in [4.78, 5) is 0. The van der Waals surface area contributed by atoms with Crippen molar-refractivity contribution in [1.82, 2.24) is 0 Å². The van der Waals surface area contributed by atoms with Crippen molar-refractivity contribution in [3.63, 3.8) is 0 Å². The van der Waals surface area contributed by atoms with Gasteiger partial charge in [-0.25, -0.2) is 0 Å². The Hall–Kier alpha value is -1.44. The molecular weight excluding hydrogens is 242 g/mol. The van der Waals surface area contributed by atoms with Crippen LogP contribution in [0, 0.1) is 11.3 Å². The molecule has 17 heavy (non-hydrogen) atoms. The summed E-state index contributed by atoms with van der Waals surface area (Å²) in [5.41, 5.74) is 0.501. The largest absolute Gasteiger partial charge is 0.497 e. The molecule has 0 spiro atoms. The van der Waals surface area contributed by atoms with Gasteiger partial charge in [0.25, 0.3) is 0 Å². The number of benzene rings is 1. The van der Waals surface area contributed by atoms with Gasteiger partial charge in [0.05, 0.1) is 32.0 Å². The maximum atomic E-state index is 8.82. The van der Waals surface area contributed by atoms with Crippen molar-refractivity contribution in [3.8, 4) is 17.6 Å². The van der Waals surface area contributed by atoms with E-state index < -0.39 is 0 Å². The number of nitrogens with zero attached hydrogens (tertiary/aromatic N) is 1. The second-order valence-electron chi connectivity index (χ2n) is 3.16. The number of halogens is 1. The number of nitriles is 1. The summed E-state index contributed by atoms with van der Waals surface area (Å²) in [6, 6.07) is 7.08. The lowest BCUT2D eigenvalue weighted by atomic mass is 10.2. The monoisotopic (exact) mass is 255 g/mol. The zero-order chi connectivity index (χ0) is 12.5. The SMILES string of the molecule is COc1cc(C#N)cc(OCCOCCCl)c1. The van der Waals surface area contributed by atoms with Crippen LogP contribution in [0.4, 0.5) is 0 Å². The van der Waals surface area contributed by atoms with E-state index in [-0.39, 0.29) is 0 Å². The Balaban J connectivity index is 2.50. The second-order valence-corrected chi connectivity index (χ2v) is 3.54. The summed E-state index contributed by atoms with van der Waals surface area (Å²) in [5.74, 6) is 1.66. The molecule has 0 radical (unpaired) electrons. The summed E-state index contributed by atoms with van der Waals surface area (Å²) in [6.45, 7) is 1.38. The average Bonchev–Trinajstić information content (AvgIpc) is 2.38. The first-order valence-electron chi connectivity index (χ1n) is 5.16. The molecule has 92 valence electrons. The first-order chi connectivity index (χ1) is 8.30. The first-order valence-corrected chi connectivity index (χ1v) is 5.69. The van der Waals surface area contributed by atoms with Gasteiger partial charge >= 0.3 is 0 Å². The molecule has 0 aliphatic heterocycles. The summed E-state index contributed by atoms with van der Waals surface area (Å²) in [7, 11) is 1.55. The maximum Gasteiger partial charge on any atom is 0.124 e. The van der Waals surface area contributed by atoms with Gasteiger partial charge < -0.3 is 14.2 Å². The fraction of sp³-hybridized carbons (Fsp3) is 0.417. The van der Waals surface area contributed by atoms with E-state index >= 15 is 0 Å². The van der Waals surface area contributed by atoms with Gasteiger partial charge in [-0.1, -0.05) is 0 Å². The van der Waals surface area contributed by atoms with E-state index in [9.17, 15) is 0 Å². The molecule has 4 nitrogen and oxygen atoms in total.